The topological polar surface area (TPSA) is 26.0 Å². The minimum absolute atomic E-state index is 0.00398. The van der Waals surface area contributed by atoms with Gasteiger partial charge in [-0.05, 0) is 31.9 Å². The Morgan fingerprint density at radius 3 is 2.64 bits per heavy atom. The largest absolute Gasteiger partial charge is 0.318 e. The highest BCUT2D eigenvalue weighted by molar-refractivity contribution is 5.43. The van der Waals surface area contributed by atoms with Crippen LogP contribution in [0.1, 0.15) is 30.0 Å². The SMILES string of the molecule is CCC(N)C#Cc1ccc(C)cc1C. The summed E-state index contributed by atoms with van der Waals surface area (Å²) in [5.41, 5.74) is 9.30. The van der Waals surface area contributed by atoms with Gasteiger partial charge in [-0.25, -0.2) is 0 Å². The average Bonchev–Trinajstić information content (AvgIpc) is 2.16. The number of aryl methyl sites for hydroxylation is 2. The van der Waals surface area contributed by atoms with Crippen molar-refractivity contribution in [3.05, 3.63) is 34.9 Å². The maximum absolute atomic E-state index is 5.73. The van der Waals surface area contributed by atoms with E-state index in [1.807, 2.05) is 6.92 Å². The Balaban J connectivity index is 2.90. The molecule has 0 aliphatic rings. The third kappa shape index (κ3) is 2.90. The van der Waals surface area contributed by atoms with E-state index in [2.05, 4.69) is 43.9 Å². The molecule has 14 heavy (non-hydrogen) atoms. The van der Waals surface area contributed by atoms with Crippen molar-refractivity contribution in [1.82, 2.24) is 0 Å². The van der Waals surface area contributed by atoms with Crippen molar-refractivity contribution >= 4 is 0 Å². The molecule has 2 N–H and O–H groups in total. The summed E-state index contributed by atoms with van der Waals surface area (Å²) in [6, 6.07) is 6.27. The Bertz CT molecular complexity index is 369. The van der Waals surface area contributed by atoms with Crippen molar-refractivity contribution in [2.45, 2.75) is 33.2 Å². The van der Waals surface area contributed by atoms with Crippen LogP contribution in [0.4, 0.5) is 0 Å². The summed E-state index contributed by atoms with van der Waals surface area (Å²) >= 11 is 0. The molecule has 1 unspecified atom stereocenters. The van der Waals surface area contributed by atoms with E-state index in [1.165, 1.54) is 11.1 Å². The molecule has 0 bridgehead atoms. The van der Waals surface area contributed by atoms with Crippen LogP contribution in [0.3, 0.4) is 0 Å². The van der Waals surface area contributed by atoms with Gasteiger partial charge in [0.15, 0.2) is 0 Å². The van der Waals surface area contributed by atoms with E-state index in [0.717, 1.165) is 12.0 Å². The maximum atomic E-state index is 5.73. The van der Waals surface area contributed by atoms with Gasteiger partial charge in [-0.15, -0.1) is 0 Å². The van der Waals surface area contributed by atoms with E-state index in [9.17, 15) is 0 Å². The molecule has 0 aromatic heterocycles. The molecule has 0 aliphatic heterocycles. The lowest BCUT2D eigenvalue weighted by Crippen LogP contribution is -2.15. The molecule has 1 heteroatoms. The standard InChI is InChI=1S/C13H17N/c1-4-13(14)8-7-12-6-5-10(2)9-11(12)3/h5-6,9,13H,4,14H2,1-3H3. The Morgan fingerprint density at radius 1 is 1.36 bits per heavy atom. The van der Waals surface area contributed by atoms with Gasteiger partial charge in [-0.3, -0.25) is 0 Å². The van der Waals surface area contributed by atoms with Crippen LogP contribution in [0.15, 0.2) is 18.2 Å². The first kappa shape index (κ1) is 10.8. The zero-order valence-electron chi connectivity index (χ0n) is 9.09. The molecule has 1 nitrogen and oxygen atoms in total. The van der Waals surface area contributed by atoms with Crippen LogP contribution in [0.5, 0.6) is 0 Å². The molecule has 1 atom stereocenters. The molecule has 0 saturated heterocycles. The first-order valence-corrected chi connectivity index (χ1v) is 4.98. The minimum atomic E-state index is -0.00398. The fourth-order valence-electron chi connectivity index (χ4n) is 1.23. The molecule has 0 amide bonds. The third-order valence-corrected chi connectivity index (χ3v) is 2.21. The first-order valence-electron chi connectivity index (χ1n) is 4.98. The molecular weight excluding hydrogens is 170 g/mol. The Kier molecular flexibility index (Phi) is 3.73. The number of benzene rings is 1. The van der Waals surface area contributed by atoms with E-state index in [4.69, 9.17) is 5.73 Å². The number of hydrogen-bond acceptors (Lipinski definition) is 1. The predicted octanol–water partition coefficient (Wildman–Crippen LogP) is 2.39. The van der Waals surface area contributed by atoms with Crippen molar-refractivity contribution in [3.8, 4) is 11.8 Å². The smallest absolute Gasteiger partial charge is 0.0665 e. The second-order valence-electron chi connectivity index (χ2n) is 3.60. The lowest BCUT2D eigenvalue weighted by molar-refractivity contribution is 0.806. The molecule has 1 rings (SSSR count). The highest BCUT2D eigenvalue weighted by atomic mass is 14.6. The molecular formula is C13H17N. The van der Waals surface area contributed by atoms with Crippen LogP contribution in [-0.2, 0) is 0 Å². The monoisotopic (exact) mass is 187 g/mol. The molecule has 0 fully saturated rings. The summed E-state index contributed by atoms with van der Waals surface area (Å²) in [5.74, 6) is 6.15. The molecule has 0 aliphatic carbocycles. The highest BCUT2D eigenvalue weighted by Crippen LogP contribution is 2.08. The first-order chi connectivity index (χ1) is 6.63. The van der Waals surface area contributed by atoms with Gasteiger partial charge in [0.25, 0.3) is 0 Å². The highest BCUT2D eigenvalue weighted by Gasteiger charge is 1.95. The summed E-state index contributed by atoms with van der Waals surface area (Å²) < 4.78 is 0. The van der Waals surface area contributed by atoms with Gasteiger partial charge in [0.2, 0.25) is 0 Å². The van der Waals surface area contributed by atoms with Crippen molar-refractivity contribution < 1.29 is 0 Å². The van der Waals surface area contributed by atoms with Gasteiger partial charge in [0.05, 0.1) is 6.04 Å². The second kappa shape index (κ2) is 4.83. The second-order valence-corrected chi connectivity index (χ2v) is 3.60. The van der Waals surface area contributed by atoms with Crippen LogP contribution in [0.2, 0.25) is 0 Å². The quantitative estimate of drug-likeness (QED) is 0.671. The van der Waals surface area contributed by atoms with Crippen LogP contribution >= 0.6 is 0 Å². The van der Waals surface area contributed by atoms with Crippen molar-refractivity contribution in [1.29, 1.82) is 0 Å². The summed E-state index contributed by atoms with van der Waals surface area (Å²) in [6.45, 7) is 6.21. The van der Waals surface area contributed by atoms with Gasteiger partial charge in [0.1, 0.15) is 0 Å². The van der Waals surface area contributed by atoms with Gasteiger partial charge in [-0.1, -0.05) is 36.5 Å². The summed E-state index contributed by atoms with van der Waals surface area (Å²) in [7, 11) is 0. The molecule has 0 radical (unpaired) electrons. The molecule has 0 saturated carbocycles. The maximum Gasteiger partial charge on any atom is 0.0665 e. The summed E-state index contributed by atoms with van der Waals surface area (Å²) in [6.07, 6.45) is 0.901. The van der Waals surface area contributed by atoms with Gasteiger partial charge < -0.3 is 5.73 Å². The van der Waals surface area contributed by atoms with Gasteiger partial charge >= 0.3 is 0 Å². The van der Waals surface area contributed by atoms with E-state index >= 15 is 0 Å². The van der Waals surface area contributed by atoms with Crippen LogP contribution in [0, 0.1) is 25.7 Å². The number of nitrogens with two attached hydrogens (primary N) is 1. The molecule has 1 aromatic carbocycles. The normalized spacial score (nSPS) is 11.7. The minimum Gasteiger partial charge on any atom is -0.318 e. The van der Waals surface area contributed by atoms with Crippen molar-refractivity contribution in [3.63, 3.8) is 0 Å². The van der Waals surface area contributed by atoms with Gasteiger partial charge in [-0.2, -0.15) is 0 Å². The number of hydrogen-bond donors (Lipinski definition) is 1. The predicted molar refractivity (Wildman–Crippen MR) is 61.1 cm³/mol. The Hall–Kier alpha value is -1.26. The van der Waals surface area contributed by atoms with Gasteiger partial charge in [0, 0.05) is 5.56 Å². The Morgan fingerprint density at radius 2 is 2.07 bits per heavy atom. The van der Waals surface area contributed by atoms with Crippen LogP contribution in [0.25, 0.3) is 0 Å². The van der Waals surface area contributed by atoms with Crippen molar-refractivity contribution in [2.75, 3.05) is 0 Å². The van der Waals surface area contributed by atoms with E-state index < -0.39 is 0 Å². The lowest BCUT2D eigenvalue weighted by Gasteiger charge is -2.00. The molecule has 0 heterocycles. The van der Waals surface area contributed by atoms with Crippen molar-refractivity contribution in [2.24, 2.45) is 5.73 Å². The van der Waals surface area contributed by atoms with E-state index in [-0.39, 0.29) is 6.04 Å². The third-order valence-electron chi connectivity index (χ3n) is 2.21. The Labute approximate surface area is 86.3 Å². The lowest BCUT2D eigenvalue weighted by atomic mass is 10.1. The van der Waals surface area contributed by atoms with Crippen LogP contribution in [-0.4, -0.2) is 6.04 Å². The molecule has 0 spiro atoms. The van der Waals surface area contributed by atoms with E-state index in [1.54, 1.807) is 0 Å². The van der Waals surface area contributed by atoms with Crippen LogP contribution < -0.4 is 5.73 Å². The summed E-state index contributed by atoms with van der Waals surface area (Å²) in [5, 5.41) is 0. The van der Waals surface area contributed by atoms with E-state index in [0.29, 0.717) is 0 Å². The zero-order chi connectivity index (χ0) is 10.6. The number of rotatable bonds is 1. The fourth-order valence-corrected chi connectivity index (χ4v) is 1.23. The average molecular weight is 187 g/mol. The zero-order valence-corrected chi connectivity index (χ0v) is 9.09. The summed E-state index contributed by atoms with van der Waals surface area (Å²) in [4.78, 5) is 0. The fraction of sp³-hybridized carbons (Fsp3) is 0.385. The molecule has 1 aromatic rings. The molecule has 74 valence electrons.